The molecule has 0 aromatic heterocycles. The van der Waals surface area contributed by atoms with Gasteiger partial charge in [0.05, 0.1) is 19.8 Å². The van der Waals surface area contributed by atoms with E-state index in [1.54, 1.807) is 13.0 Å². The van der Waals surface area contributed by atoms with Crippen molar-refractivity contribution < 1.29 is 29.3 Å². The van der Waals surface area contributed by atoms with Crippen molar-refractivity contribution in [2.75, 3.05) is 19.8 Å². The average Bonchev–Trinajstić information content (AvgIpc) is 2.46. The zero-order valence-corrected chi connectivity index (χ0v) is 12.0. The lowest BCUT2D eigenvalue weighted by atomic mass is 10.1. The van der Waals surface area contributed by atoms with Gasteiger partial charge in [-0.25, -0.2) is 4.79 Å². The van der Waals surface area contributed by atoms with Crippen LogP contribution in [0.2, 0.25) is 0 Å². The predicted octanol–water partition coefficient (Wildman–Crippen LogP) is 0.659. The van der Waals surface area contributed by atoms with E-state index in [0.29, 0.717) is 24.7 Å². The van der Waals surface area contributed by atoms with Gasteiger partial charge in [-0.2, -0.15) is 0 Å². The Morgan fingerprint density at radius 2 is 1.81 bits per heavy atom. The molecule has 0 spiro atoms. The number of aliphatic hydroxyl groups excluding tert-OH is 1. The SMILES string of the molecule is CCOc1ccc(C(=O)N[C@H](CO)C(=O)O)cc1OCC. The molecule has 0 unspecified atom stereocenters. The number of hydrogen-bond acceptors (Lipinski definition) is 5. The fourth-order valence-electron chi connectivity index (χ4n) is 1.62. The Labute approximate surface area is 122 Å². The van der Waals surface area contributed by atoms with E-state index in [1.807, 2.05) is 6.92 Å². The van der Waals surface area contributed by atoms with Crippen LogP contribution in [0, 0.1) is 0 Å². The minimum atomic E-state index is -1.35. The first-order valence-electron chi connectivity index (χ1n) is 6.57. The molecule has 0 fully saturated rings. The van der Waals surface area contributed by atoms with Crippen molar-refractivity contribution in [2.45, 2.75) is 19.9 Å². The van der Waals surface area contributed by atoms with Gasteiger partial charge in [-0.1, -0.05) is 0 Å². The van der Waals surface area contributed by atoms with Crippen LogP contribution in [0.5, 0.6) is 11.5 Å². The van der Waals surface area contributed by atoms with Crippen molar-refractivity contribution >= 4 is 11.9 Å². The maximum Gasteiger partial charge on any atom is 0.328 e. The average molecular weight is 297 g/mol. The molecule has 0 saturated heterocycles. The first-order valence-corrected chi connectivity index (χ1v) is 6.57. The second-order valence-corrected chi connectivity index (χ2v) is 4.07. The van der Waals surface area contributed by atoms with Crippen molar-refractivity contribution in [2.24, 2.45) is 0 Å². The fraction of sp³-hybridized carbons (Fsp3) is 0.429. The maximum absolute atomic E-state index is 12.0. The number of benzene rings is 1. The quantitative estimate of drug-likeness (QED) is 0.651. The van der Waals surface area contributed by atoms with E-state index in [1.165, 1.54) is 12.1 Å². The summed E-state index contributed by atoms with van der Waals surface area (Å²) >= 11 is 0. The fourth-order valence-corrected chi connectivity index (χ4v) is 1.62. The molecule has 1 amide bonds. The normalized spacial score (nSPS) is 11.6. The van der Waals surface area contributed by atoms with E-state index in [-0.39, 0.29) is 5.56 Å². The second kappa shape index (κ2) is 8.11. The highest BCUT2D eigenvalue weighted by atomic mass is 16.5. The lowest BCUT2D eigenvalue weighted by Gasteiger charge is -2.14. The summed E-state index contributed by atoms with van der Waals surface area (Å²) in [6.07, 6.45) is 0. The third kappa shape index (κ3) is 4.64. The van der Waals surface area contributed by atoms with Gasteiger partial charge >= 0.3 is 5.97 Å². The second-order valence-electron chi connectivity index (χ2n) is 4.07. The molecule has 0 aliphatic rings. The smallest absolute Gasteiger partial charge is 0.328 e. The van der Waals surface area contributed by atoms with Crippen LogP contribution in [-0.4, -0.2) is 48.0 Å². The molecule has 0 aliphatic carbocycles. The topological polar surface area (TPSA) is 105 Å². The lowest BCUT2D eigenvalue weighted by molar-refractivity contribution is -0.140. The minimum absolute atomic E-state index is 0.224. The van der Waals surface area contributed by atoms with Crippen LogP contribution in [0.1, 0.15) is 24.2 Å². The third-order valence-electron chi connectivity index (χ3n) is 2.59. The largest absolute Gasteiger partial charge is 0.490 e. The van der Waals surface area contributed by atoms with Gasteiger partial charge in [0.2, 0.25) is 0 Å². The number of amides is 1. The lowest BCUT2D eigenvalue weighted by Crippen LogP contribution is -2.43. The molecule has 1 aromatic carbocycles. The van der Waals surface area contributed by atoms with Gasteiger partial charge in [0, 0.05) is 5.56 Å². The first-order chi connectivity index (χ1) is 10.0. The molecule has 3 N–H and O–H groups in total. The van der Waals surface area contributed by atoms with Gasteiger partial charge in [-0.05, 0) is 32.0 Å². The van der Waals surface area contributed by atoms with E-state index in [4.69, 9.17) is 19.7 Å². The molecule has 1 atom stereocenters. The number of ether oxygens (including phenoxy) is 2. The molecule has 1 rings (SSSR count). The van der Waals surface area contributed by atoms with Crippen LogP contribution < -0.4 is 14.8 Å². The summed E-state index contributed by atoms with van der Waals surface area (Å²) in [5, 5.41) is 19.9. The van der Waals surface area contributed by atoms with Crippen molar-refractivity contribution in [1.82, 2.24) is 5.32 Å². The number of hydrogen-bond donors (Lipinski definition) is 3. The van der Waals surface area contributed by atoms with Gasteiger partial charge in [-0.3, -0.25) is 4.79 Å². The third-order valence-corrected chi connectivity index (χ3v) is 2.59. The highest BCUT2D eigenvalue weighted by Crippen LogP contribution is 2.28. The Morgan fingerprint density at radius 3 is 2.33 bits per heavy atom. The minimum Gasteiger partial charge on any atom is -0.490 e. The van der Waals surface area contributed by atoms with Crippen LogP contribution in [0.4, 0.5) is 0 Å². The van der Waals surface area contributed by atoms with E-state index in [9.17, 15) is 9.59 Å². The molecule has 1 aromatic rings. The van der Waals surface area contributed by atoms with Gasteiger partial charge < -0.3 is 25.0 Å². The van der Waals surface area contributed by atoms with Crippen LogP contribution in [0.15, 0.2) is 18.2 Å². The standard InChI is InChI=1S/C14H19NO6/c1-3-20-11-6-5-9(7-12(11)21-4-2)13(17)15-10(8-16)14(18)19/h5-7,10,16H,3-4,8H2,1-2H3,(H,15,17)(H,18,19)/t10-/m1/s1. The number of carbonyl (C=O) groups is 2. The molecule has 0 saturated carbocycles. The molecular weight excluding hydrogens is 278 g/mol. The Bertz CT molecular complexity index is 502. The van der Waals surface area contributed by atoms with E-state index < -0.39 is 24.5 Å². The van der Waals surface area contributed by atoms with Gasteiger partial charge in [0.1, 0.15) is 0 Å². The number of carboxylic acids is 1. The number of carbonyl (C=O) groups excluding carboxylic acids is 1. The van der Waals surface area contributed by atoms with Crippen molar-refractivity contribution in [1.29, 1.82) is 0 Å². The number of carboxylic acid groups (broad SMARTS) is 1. The molecule has 7 nitrogen and oxygen atoms in total. The summed E-state index contributed by atoms with van der Waals surface area (Å²) in [5.41, 5.74) is 0.224. The van der Waals surface area contributed by atoms with Crippen molar-refractivity contribution in [3.63, 3.8) is 0 Å². The predicted molar refractivity (Wildman–Crippen MR) is 74.8 cm³/mol. The summed E-state index contributed by atoms with van der Waals surface area (Å²) < 4.78 is 10.8. The van der Waals surface area contributed by atoms with Gasteiger partial charge in [0.25, 0.3) is 5.91 Å². The summed E-state index contributed by atoms with van der Waals surface area (Å²) in [6, 6.07) is 3.21. The molecular formula is C14H19NO6. The highest BCUT2D eigenvalue weighted by molar-refractivity contribution is 5.97. The Balaban J connectivity index is 2.94. The molecule has 7 heteroatoms. The van der Waals surface area contributed by atoms with Crippen molar-refractivity contribution in [3.05, 3.63) is 23.8 Å². The van der Waals surface area contributed by atoms with E-state index >= 15 is 0 Å². The monoisotopic (exact) mass is 297 g/mol. The summed E-state index contributed by atoms with van der Waals surface area (Å²) in [4.78, 5) is 22.7. The van der Waals surface area contributed by atoms with E-state index in [0.717, 1.165) is 0 Å². The van der Waals surface area contributed by atoms with E-state index in [2.05, 4.69) is 5.32 Å². The summed E-state index contributed by atoms with van der Waals surface area (Å²) in [7, 11) is 0. The number of aliphatic carboxylic acids is 1. The zero-order chi connectivity index (χ0) is 15.8. The zero-order valence-electron chi connectivity index (χ0n) is 12.0. The van der Waals surface area contributed by atoms with Crippen LogP contribution in [0.3, 0.4) is 0 Å². The summed E-state index contributed by atoms with van der Waals surface area (Å²) in [5.74, 6) is -1.00. The van der Waals surface area contributed by atoms with Gasteiger partial charge in [-0.15, -0.1) is 0 Å². The molecule has 21 heavy (non-hydrogen) atoms. The maximum atomic E-state index is 12.0. The number of nitrogens with one attached hydrogen (secondary N) is 1. The molecule has 116 valence electrons. The van der Waals surface area contributed by atoms with Crippen LogP contribution >= 0.6 is 0 Å². The molecule has 0 heterocycles. The van der Waals surface area contributed by atoms with Crippen molar-refractivity contribution in [3.8, 4) is 11.5 Å². The Morgan fingerprint density at radius 1 is 1.19 bits per heavy atom. The summed E-state index contributed by atoms with van der Waals surface area (Å²) in [6.45, 7) is 3.80. The van der Waals surface area contributed by atoms with Crippen LogP contribution in [-0.2, 0) is 4.79 Å². The van der Waals surface area contributed by atoms with Gasteiger partial charge in [0.15, 0.2) is 17.5 Å². The first kappa shape index (κ1) is 16.8. The molecule has 0 bridgehead atoms. The molecule has 0 aliphatic heterocycles. The molecule has 0 radical (unpaired) electrons. The number of aliphatic hydroxyl groups is 1. The Hall–Kier alpha value is -2.28. The Kier molecular flexibility index (Phi) is 6.48. The highest BCUT2D eigenvalue weighted by Gasteiger charge is 2.20. The van der Waals surface area contributed by atoms with Crippen LogP contribution in [0.25, 0.3) is 0 Å². The number of rotatable bonds is 8.